The zero-order valence-corrected chi connectivity index (χ0v) is 17.2. The number of aryl methyl sites for hydroxylation is 3. The highest BCUT2D eigenvalue weighted by molar-refractivity contribution is 6.31. The van der Waals surface area contributed by atoms with Crippen LogP contribution < -0.4 is 10.1 Å². The largest absolute Gasteiger partial charge is 0.471 e. The molecule has 28 heavy (non-hydrogen) atoms. The number of halogens is 2. The Morgan fingerprint density at radius 2 is 2.00 bits per heavy atom. The lowest BCUT2D eigenvalue weighted by Gasteiger charge is -2.09. The number of carbonyl (C=O) groups excluding carboxylic acids is 1. The fourth-order valence-corrected chi connectivity index (χ4v) is 2.98. The van der Waals surface area contributed by atoms with Crippen molar-refractivity contribution in [2.75, 3.05) is 6.54 Å². The van der Waals surface area contributed by atoms with Gasteiger partial charge in [0.1, 0.15) is 11.4 Å². The number of hydrogen-bond donors (Lipinski definition) is 1. The first-order valence-electron chi connectivity index (χ1n) is 8.82. The normalized spacial score (nSPS) is 10.9. The van der Waals surface area contributed by atoms with E-state index in [2.05, 4.69) is 15.5 Å². The average Bonchev–Trinajstić information content (AvgIpc) is 3.25. The standard InChI is InChI=1S/C19H21Cl2N5O2/c1-13-10-15(20)4-5-18(13)28-12-26-9-6-17(24-26)19(27)22-7-3-8-25-11-16(21)14(2)23-25/h4-6,9-11H,3,7-8,12H2,1-2H3,(H,22,27). The molecule has 0 saturated heterocycles. The molecule has 7 nitrogen and oxygen atoms in total. The van der Waals surface area contributed by atoms with E-state index in [1.807, 2.05) is 26.0 Å². The maximum atomic E-state index is 12.2. The highest BCUT2D eigenvalue weighted by Crippen LogP contribution is 2.22. The van der Waals surface area contributed by atoms with Crippen molar-refractivity contribution < 1.29 is 9.53 Å². The Hall–Kier alpha value is -2.51. The van der Waals surface area contributed by atoms with Crippen LogP contribution in [0.1, 0.15) is 28.2 Å². The van der Waals surface area contributed by atoms with E-state index >= 15 is 0 Å². The molecule has 0 unspecified atom stereocenters. The topological polar surface area (TPSA) is 74.0 Å². The Bertz CT molecular complexity index is 948. The lowest BCUT2D eigenvalue weighted by molar-refractivity contribution is 0.0945. The van der Waals surface area contributed by atoms with E-state index < -0.39 is 0 Å². The SMILES string of the molecule is Cc1cc(Cl)ccc1OCn1ccc(C(=O)NCCCn2cc(Cl)c(C)n2)n1. The van der Waals surface area contributed by atoms with E-state index in [0.29, 0.717) is 28.8 Å². The van der Waals surface area contributed by atoms with E-state index in [1.165, 1.54) is 0 Å². The summed E-state index contributed by atoms with van der Waals surface area (Å²) in [4.78, 5) is 12.2. The second-order valence-electron chi connectivity index (χ2n) is 6.36. The average molecular weight is 422 g/mol. The fraction of sp³-hybridized carbons (Fsp3) is 0.316. The maximum absolute atomic E-state index is 12.2. The van der Waals surface area contributed by atoms with Crippen molar-refractivity contribution in [2.45, 2.75) is 33.5 Å². The monoisotopic (exact) mass is 421 g/mol. The summed E-state index contributed by atoms with van der Waals surface area (Å²) in [5.41, 5.74) is 2.08. The van der Waals surface area contributed by atoms with Crippen LogP contribution in [0.2, 0.25) is 10.0 Å². The van der Waals surface area contributed by atoms with Crippen LogP contribution in [0.5, 0.6) is 5.75 Å². The Balaban J connectivity index is 1.44. The van der Waals surface area contributed by atoms with Crippen molar-refractivity contribution in [1.82, 2.24) is 24.9 Å². The summed E-state index contributed by atoms with van der Waals surface area (Å²) in [5, 5.41) is 12.7. The van der Waals surface area contributed by atoms with Gasteiger partial charge in [-0.25, -0.2) is 4.68 Å². The van der Waals surface area contributed by atoms with Gasteiger partial charge in [0.15, 0.2) is 6.73 Å². The molecule has 1 aromatic carbocycles. The molecular weight excluding hydrogens is 401 g/mol. The summed E-state index contributed by atoms with van der Waals surface area (Å²) < 4.78 is 9.06. The molecule has 1 N–H and O–H groups in total. The highest BCUT2D eigenvalue weighted by Gasteiger charge is 2.10. The first-order valence-corrected chi connectivity index (χ1v) is 9.58. The minimum Gasteiger partial charge on any atom is -0.471 e. The van der Waals surface area contributed by atoms with Crippen molar-refractivity contribution in [1.29, 1.82) is 0 Å². The van der Waals surface area contributed by atoms with Crippen molar-refractivity contribution in [3.05, 3.63) is 63.7 Å². The molecule has 0 saturated carbocycles. The van der Waals surface area contributed by atoms with Crippen molar-refractivity contribution >= 4 is 29.1 Å². The van der Waals surface area contributed by atoms with E-state index in [4.69, 9.17) is 27.9 Å². The molecule has 0 radical (unpaired) electrons. The van der Waals surface area contributed by atoms with Gasteiger partial charge in [-0.3, -0.25) is 9.48 Å². The van der Waals surface area contributed by atoms with E-state index in [-0.39, 0.29) is 12.6 Å². The molecule has 148 valence electrons. The van der Waals surface area contributed by atoms with E-state index in [0.717, 1.165) is 23.4 Å². The Morgan fingerprint density at radius 3 is 2.71 bits per heavy atom. The first-order chi connectivity index (χ1) is 13.4. The first kappa shape index (κ1) is 20.2. The lowest BCUT2D eigenvalue weighted by Crippen LogP contribution is -2.26. The summed E-state index contributed by atoms with van der Waals surface area (Å²) in [6.07, 6.45) is 4.22. The predicted octanol–water partition coefficient (Wildman–Crippen LogP) is 3.86. The van der Waals surface area contributed by atoms with Gasteiger partial charge in [0.05, 0.1) is 10.7 Å². The fourth-order valence-electron chi connectivity index (χ4n) is 2.61. The second kappa shape index (κ2) is 9.12. The van der Waals surface area contributed by atoms with Gasteiger partial charge < -0.3 is 10.1 Å². The Labute approximate surface area is 173 Å². The third-order valence-corrected chi connectivity index (χ3v) is 4.70. The molecule has 0 aliphatic rings. The van der Waals surface area contributed by atoms with Gasteiger partial charge in [-0.15, -0.1) is 0 Å². The van der Waals surface area contributed by atoms with Crippen LogP contribution in [0.15, 0.2) is 36.7 Å². The molecule has 2 heterocycles. The van der Waals surface area contributed by atoms with Gasteiger partial charge in [-0.2, -0.15) is 10.2 Å². The van der Waals surface area contributed by atoms with Crippen LogP contribution in [0.3, 0.4) is 0 Å². The van der Waals surface area contributed by atoms with Crippen LogP contribution >= 0.6 is 23.2 Å². The number of hydrogen-bond acceptors (Lipinski definition) is 4. The van der Waals surface area contributed by atoms with Gasteiger partial charge in [-0.05, 0) is 50.1 Å². The third-order valence-electron chi connectivity index (χ3n) is 4.10. The molecule has 0 bridgehead atoms. The molecule has 9 heteroatoms. The second-order valence-corrected chi connectivity index (χ2v) is 7.20. The van der Waals surface area contributed by atoms with Gasteiger partial charge in [0, 0.05) is 30.5 Å². The van der Waals surface area contributed by atoms with Gasteiger partial charge in [0.25, 0.3) is 5.91 Å². The van der Waals surface area contributed by atoms with Crippen LogP contribution in [0, 0.1) is 13.8 Å². The number of aromatic nitrogens is 4. The van der Waals surface area contributed by atoms with Crippen LogP contribution in [0.4, 0.5) is 0 Å². The number of amides is 1. The van der Waals surface area contributed by atoms with Crippen LogP contribution in [-0.2, 0) is 13.3 Å². The van der Waals surface area contributed by atoms with Crippen LogP contribution in [-0.4, -0.2) is 32.0 Å². The van der Waals surface area contributed by atoms with Crippen molar-refractivity contribution in [3.63, 3.8) is 0 Å². The summed E-state index contributed by atoms with van der Waals surface area (Å²) in [7, 11) is 0. The summed E-state index contributed by atoms with van der Waals surface area (Å²) in [5.74, 6) is 0.496. The predicted molar refractivity (Wildman–Crippen MR) is 108 cm³/mol. The summed E-state index contributed by atoms with van der Waals surface area (Å²) in [6, 6.07) is 7.06. The zero-order chi connectivity index (χ0) is 20.1. The van der Waals surface area contributed by atoms with Gasteiger partial charge in [0.2, 0.25) is 0 Å². The molecule has 1 amide bonds. The number of carbonyl (C=O) groups is 1. The Kier molecular flexibility index (Phi) is 6.59. The summed E-state index contributed by atoms with van der Waals surface area (Å²) >= 11 is 11.9. The number of rotatable bonds is 8. The third kappa shape index (κ3) is 5.27. The zero-order valence-electron chi connectivity index (χ0n) is 15.7. The summed E-state index contributed by atoms with van der Waals surface area (Å²) in [6.45, 7) is 5.17. The number of benzene rings is 1. The minimum absolute atomic E-state index is 0.204. The molecule has 2 aromatic heterocycles. The maximum Gasteiger partial charge on any atom is 0.271 e. The minimum atomic E-state index is -0.226. The molecular formula is C19H21Cl2N5O2. The quantitative estimate of drug-likeness (QED) is 0.560. The van der Waals surface area contributed by atoms with Crippen molar-refractivity contribution in [2.24, 2.45) is 0 Å². The molecule has 0 atom stereocenters. The molecule has 3 rings (SSSR count). The molecule has 0 aliphatic heterocycles. The number of ether oxygens (including phenoxy) is 1. The van der Waals surface area contributed by atoms with Gasteiger partial charge >= 0.3 is 0 Å². The number of nitrogens with one attached hydrogen (secondary N) is 1. The highest BCUT2D eigenvalue weighted by atomic mass is 35.5. The smallest absolute Gasteiger partial charge is 0.271 e. The molecule has 0 aliphatic carbocycles. The van der Waals surface area contributed by atoms with Crippen LogP contribution in [0.25, 0.3) is 0 Å². The van der Waals surface area contributed by atoms with Gasteiger partial charge in [-0.1, -0.05) is 23.2 Å². The number of nitrogens with zero attached hydrogens (tertiary/aromatic N) is 4. The van der Waals surface area contributed by atoms with E-state index in [9.17, 15) is 4.79 Å². The lowest BCUT2D eigenvalue weighted by atomic mass is 10.2. The molecule has 0 spiro atoms. The van der Waals surface area contributed by atoms with E-state index in [1.54, 1.807) is 33.9 Å². The molecule has 3 aromatic rings. The Morgan fingerprint density at radius 1 is 1.18 bits per heavy atom. The molecule has 0 fully saturated rings. The van der Waals surface area contributed by atoms with Crippen molar-refractivity contribution in [3.8, 4) is 5.75 Å².